The zero-order valence-corrected chi connectivity index (χ0v) is 10.7. The number of nitrogens with zero attached hydrogens (tertiary/aromatic N) is 2. The molecule has 5 nitrogen and oxygen atoms in total. The minimum absolute atomic E-state index is 0.292. The van der Waals surface area contributed by atoms with Crippen LogP contribution in [-0.2, 0) is 13.0 Å². The number of aromatic carboxylic acids is 1. The summed E-state index contributed by atoms with van der Waals surface area (Å²) in [5.41, 5.74) is 1.20. The molecule has 0 saturated heterocycles. The lowest BCUT2D eigenvalue weighted by Crippen LogP contribution is -2.02. The van der Waals surface area contributed by atoms with Crippen LogP contribution >= 0.6 is 11.5 Å². The highest BCUT2D eigenvalue weighted by molar-refractivity contribution is 7.09. The van der Waals surface area contributed by atoms with Crippen molar-refractivity contribution in [3.8, 4) is 0 Å². The van der Waals surface area contributed by atoms with Crippen LogP contribution in [0.1, 0.15) is 28.7 Å². The van der Waals surface area contributed by atoms with Crippen molar-refractivity contribution in [1.29, 1.82) is 0 Å². The van der Waals surface area contributed by atoms with E-state index in [9.17, 15) is 4.79 Å². The summed E-state index contributed by atoms with van der Waals surface area (Å²) in [5.74, 6) is -0.0946. The highest BCUT2D eigenvalue weighted by atomic mass is 32.1. The highest BCUT2D eigenvalue weighted by Crippen LogP contribution is 2.13. The van der Waals surface area contributed by atoms with Gasteiger partial charge in [-0.05, 0) is 17.7 Å². The number of carboxylic acid groups (broad SMARTS) is 1. The second-order valence-electron chi connectivity index (χ2n) is 3.73. The normalized spacial score (nSPS) is 10.3. The summed E-state index contributed by atoms with van der Waals surface area (Å²) in [6.45, 7) is 2.54. The largest absolute Gasteiger partial charge is 0.478 e. The lowest BCUT2D eigenvalue weighted by molar-refractivity contribution is 0.0697. The van der Waals surface area contributed by atoms with Gasteiger partial charge >= 0.3 is 5.97 Å². The summed E-state index contributed by atoms with van der Waals surface area (Å²) < 4.78 is 4.17. The monoisotopic (exact) mass is 263 g/mol. The molecular weight excluding hydrogens is 250 g/mol. The zero-order chi connectivity index (χ0) is 13.0. The molecule has 0 bridgehead atoms. The number of hydrogen-bond donors (Lipinski definition) is 2. The van der Waals surface area contributed by atoms with Crippen LogP contribution in [0.3, 0.4) is 0 Å². The third kappa shape index (κ3) is 3.04. The van der Waals surface area contributed by atoms with Gasteiger partial charge in [0.05, 0.1) is 5.56 Å². The SMILES string of the molecule is CCc1nsc(NCc2cccc(C(=O)O)c2)n1. The van der Waals surface area contributed by atoms with Crippen LogP contribution in [0.15, 0.2) is 24.3 Å². The summed E-state index contributed by atoms with van der Waals surface area (Å²) in [7, 11) is 0. The van der Waals surface area contributed by atoms with Gasteiger partial charge < -0.3 is 10.4 Å². The summed E-state index contributed by atoms with van der Waals surface area (Å²) in [4.78, 5) is 15.1. The summed E-state index contributed by atoms with van der Waals surface area (Å²) in [6, 6.07) is 6.84. The maximum absolute atomic E-state index is 10.8. The van der Waals surface area contributed by atoms with E-state index in [1.54, 1.807) is 18.2 Å². The lowest BCUT2D eigenvalue weighted by Gasteiger charge is -2.03. The first-order valence-corrected chi connectivity index (χ1v) is 6.35. The van der Waals surface area contributed by atoms with E-state index in [0.717, 1.165) is 22.9 Å². The van der Waals surface area contributed by atoms with Gasteiger partial charge in [-0.3, -0.25) is 0 Å². The van der Waals surface area contributed by atoms with Crippen molar-refractivity contribution >= 4 is 22.6 Å². The van der Waals surface area contributed by atoms with Crippen molar-refractivity contribution in [3.05, 3.63) is 41.2 Å². The highest BCUT2D eigenvalue weighted by Gasteiger charge is 2.04. The molecule has 94 valence electrons. The molecule has 0 amide bonds. The van der Waals surface area contributed by atoms with E-state index in [4.69, 9.17) is 5.11 Å². The average molecular weight is 263 g/mol. The molecule has 0 aliphatic heterocycles. The first kappa shape index (κ1) is 12.5. The van der Waals surface area contributed by atoms with E-state index in [0.29, 0.717) is 12.1 Å². The van der Waals surface area contributed by atoms with Gasteiger partial charge in [0.1, 0.15) is 5.82 Å². The molecule has 2 rings (SSSR count). The van der Waals surface area contributed by atoms with Gasteiger partial charge in [0.15, 0.2) is 0 Å². The van der Waals surface area contributed by atoms with E-state index in [1.165, 1.54) is 11.5 Å². The van der Waals surface area contributed by atoms with Crippen molar-refractivity contribution in [2.75, 3.05) is 5.32 Å². The van der Waals surface area contributed by atoms with Crippen LogP contribution in [0.5, 0.6) is 0 Å². The molecule has 0 aliphatic carbocycles. The van der Waals surface area contributed by atoms with Crippen LogP contribution in [0.25, 0.3) is 0 Å². The molecule has 0 saturated carbocycles. The molecule has 2 aromatic rings. The Morgan fingerprint density at radius 3 is 3.00 bits per heavy atom. The van der Waals surface area contributed by atoms with Gasteiger partial charge in [-0.2, -0.15) is 4.37 Å². The number of aryl methyl sites for hydroxylation is 1. The Morgan fingerprint density at radius 1 is 1.50 bits per heavy atom. The summed E-state index contributed by atoms with van der Waals surface area (Å²) in [5, 5.41) is 12.8. The Kier molecular flexibility index (Phi) is 3.88. The van der Waals surface area contributed by atoms with Crippen LogP contribution < -0.4 is 5.32 Å². The maximum atomic E-state index is 10.8. The van der Waals surface area contributed by atoms with E-state index in [-0.39, 0.29) is 0 Å². The van der Waals surface area contributed by atoms with Gasteiger partial charge in [-0.15, -0.1) is 0 Å². The van der Waals surface area contributed by atoms with E-state index < -0.39 is 5.97 Å². The molecular formula is C12H13N3O2S. The van der Waals surface area contributed by atoms with Crippen molar-refractivity contribution < 1.29 is 9.90 Å². The van der Waals surface area contributed by atoms with Gasteiger partial charge in [-0.25, -0.2) is 9.78 Å². The number of rotatable bonds is 5. The average Bonchev–Trinajstić information content (AvgIpc) is 2.84. The topological polar surface area (TPSA) is 75.1 Å². The van der Waals surface area contributed by atoms with Crippen molar-refractivity contribution in [1.82, 2.24) is 9.36 Å². The van der Waals surface area contributed by atoms with Crippen LogP contribution in [0.4, 0.5) is 5.13 Å². The Balaban J connectivity index is 2.01. The van der Waals surface area contributed by atoms with Crippen LogP contribution in [0, 0.1) is 0 Å². The van der Waals surface area contributed by atoms with Gasteiger partial charge in [-0.1, -0.05) is 19.1 Å². The molecule has 0 spiro atoms. The first-order chi connectivity index (χ1) is 8.69. The predicted molar refractivity (Wildman–Crippen MR) is 70.0 cm³/mol. The summed E-state index contributed by atoms with van der Waals surface area (Å²) in [6.07, 6.45) is 0.812. The number of carbonyl (C=O) groups is 1. The Hall–Kier alpha value is -1.95. The molecule has 0 unspecified atom stereocenters. The fourth-order valence-electron chi connectivity index (χ4n) is 1.46. The number of anilines is 1. The van der Waals surface area contributed by atoms with E-state index in [1.807, 2.05) is 13.0 Å². The lowest BCUT2D eigenvalue weighted by atomic mass is 10.1. The van der Waals surface area contributed by atoms with Crippen molar-refractivity contribution in [2.45, 2.75) is 19.9 Å². The molecule has 1 aromatic carbocycles. The third-order valence-electron chi connectivity index (χ3n) is 2.40. The molecule has 0 fully saturated rings. The Bertz CT molecular complexity index is 554. The zero-order valence-electron chi connectivity index (χ0n) is 9.88. The molecule has 6 heteroatoms. The first-order valence-electron chi connectivity index (χ1n) is 5.57. The van der Waals surface area contributed by atoms with Gasteiger partial charge in [0.25, 0.3) is 0 Å². The Morgan fingerprint density at radius 2 is 2.33 bits per heavy atom. The quantitative estimate of drug-likeness (QED) is 0.866. The molecule has 1 heterocycles. The predicted octanol–water partition coefficient (Wildman–Crippen LogP) is 2.41. The fraction of sp³-hybridized carbons (Fsp3) is 0.250. The summed E-state index contributed by atoms with van der Waals surface area (Å²) >= 11 is 1.32. The molecule has 0 radical (unpaired) electrons. The third-order valence-corrected chi connectivity index (χ3v) is 3.11. The smallest absolute Gasteiger partial charge is 0.335 e. The van der Waals surface area contributed by atoms with Crippen LogP contribution in [0.2, 0.25) is 0 Å². The van der Waals surface area contributed by atoms with E-state index in [2.05, 4.69) is 14.7 Å². The molecule has 2 N–H and O–H groups in total. The van der Waals surface area contributed by atoms with Crippen molar-refractivity contribution in [2.24, 2.45) is 0 Å². The molecule has 0 aliphatic rings. The standard InChI is InChI=1S/C12H13N3O2S/c1-2-10-14-12(18-15-10)13-7-8-4-3-5-9(6-8)11(16)17/h3-6H,2,7H2,1H3,(H,16,17)(H,13,14,15). The van der Waals surface area contributed by atoms with Gasteiger partial charge in [0.2, 0.25) is 5.13 Å². The number of aromatic nitrogens is 2. The minimum atomic E-state index is -0.916. The second kappa shape index (κ2) is 5.59. The maximum Gasteiger partial charge on any atom is 0.335 e. The molecule has 18 heavy (non-hydrogen) atoms. The number of hydrogen-bond acceptors (Lipinski definition) is 5. The second-order valence-corrected chi connectivity index (χ2v) is 4.48. The number of benzene rings is 1. The molecule has 1 aromatic heterocycles. The van der Waals surface area contributed by atoms with Gasteiger partial charge in [0, 0.05) is 24.5 Å². The number of carboxylic acids is 1. The minimum Gasteiger partial charge on any atom is -0.478 e. The number of nitrogens with one attached hydrogen (secondary N) is 1. The molecule has 0 atom stereocenters. The van der Waals surface area contributed by atoms with E-state index >= 15 is 0 Å². The van der Waals surface area contributed by atoms with Crippen molar-refractivity contribution in [3.63, 3.8) is 0 Å². The fourth-order valence-corrected chi connectivity index (χ4v) is 2.11. The van der Waals surface area contributed by atoms with Crippen LogP contribution in [-0.4, -0.2) is 20.4 Å². The Labute approximate surface area is 109 Å².